The van der Waals surface area contributed by atoms with Gasteiger partial charge in [-0.05, 0) is 55.4 Å². The van der Waals surface area contributed by atoms with Gasteiger partial charge in [0.25, 0.3) is 0 Å². The van der Waals surface area contributed by atoms with Crippen LogP contribution in [-0.4, -0.2) is 5.11 Å². The fraction of sp³-hybridized carbons (Fsp3) is 0.600. The molecule has 1 rings (SSSR count). The van der Waals surface area contributed by atoms with E-state index in [0.717, 1.165) is 24.8 Å². The smallest absolute Gasteiger partial charge is 0.119 e. The first-order valence-corrected chi connectivity index (χ1v) is 6.50. The third-order valence-corrected chi connectivity index (χ3v) is 3.11. The fourth-order valence-electron chi connectivity index (χ4n) is 2.08. The van der Waals surface area contributed by atoms with Crippen molar-refractivity contribution >= 4 is 0 Å². The van der Waals surface area contributed by atoms with Crippen LogP contribution in [0.5, 0.6) is 5.75 Å². The molecule has 0 aliphatic carbocycles. The van der Waals surface area contributed by atoms with Gasteiger partial charge in [0.2, 0.25) is 0 Å². The van der Waals surface area contributed by atoms with Crippen LogP contribution in [0.4, 0.5) is 0 Å². The fourth-order valence-corrected chi connectivity index (χ4v) is 2.08. The van der Waals surface area contributed by atoms with E-state index in [4.69, 9.17) is 0 Å². The Hall–Kier alpha value is -0.980. The molecule has 0 saturated carbocycles. The second-order valence-corrected chi connectivity index (χ2v) is 4.62. The molecule has 0 aromatic heterocycles. The average molecular weight is 220 g/mol. The zero-order chi connectivity index (χ0) is 12.0. The maximum Gasteiger partial charge on any atom is 0.119 e. The summed E-state index contributed by atoms with van der Waals surface area (Å²) in [7, 11) is 0. The lowest BCUT2D eigenvalue weighted by atomic mass is 9.97. The molecule has 0 radical (unpaired) electrons. The largest absolute Gasteiger partial charge is 0.508 e. The average Bonchev–Trinajstić information content (AvgIpc) is 2.25. The predicted molar refractivity (Wildman–Crippen MR) is 70.1 cm³/mol. The second kappa shape index (κ2) is 6.57. The van der Waals surface area contributed by atoms with Crippen LogP contribution in [0.1, 0.15) is 56.2 Å². The number of hydrogen-bond donors (Lipinski definition) is 1. The van der Waals surface area contributed by atoms with Gasteiger partial charge in [0.05, 0.1) is 0 Å². The number of hydrogen-bond acceptors (Lipinski definition) is 1. The van der Waals surface area contributed by atoms with E-state index >= 15 is 0 Å². The minimum atomic E-state index is 0.500. The molecule has 16 heavy (non-hydrogen) atoms. The summed E-state index contributed by atoms with van der Waals surface area (Å²) in [5.41, 5.74) is 3.67. The topological polar surface area (TPSA) is 20.2 Å². The lowest BCUT2D eigenvalue weighted by Gasteiger charge is -2.11. The Bertz CT molecular complexity index is 305. The Morgan fingerprint density at radius 3 is 2.19 bits per heavy atom. The first kappa shape index (κ1) is 13.1. The van der Waals surface area contributed by atoms with Gasteiger partial charge in [-0.2, -0.15) is 0 Å². The van der Waals surface area contributed by atoms with Crippen LogP contribution in [0.3, 0.4) is 0 Å². The standard InChI is InChI=1S/C15H24O/c1-4-6-8-13-10-12(3)14(9-7-5-2)15(16)11-13/h10-11,16H,4-9H2,1-3H3. The van der Waals surface area contributed by atoms with Crippen LogP contribution in [0, 0.1) is 6.92 Å². The SMILES string of the molecule is CCCCc1cc(C)c(CCCC)c(O)c1. The highest BCUT2D eigenvalue weighted by atomic mass is 16.3. The van der Waals surface area contributed by atoms with Crippen LogP contribution in [0.2, 0.25) is 0 Å². The molecule has 0 bridgehead atoms. The van der Waals surface area contributed by atoms with E-state index < -0.39 is 0 Å². The normalized spacial score (nSPS) is 10.7. The molecular formula is C15H24O. The number of aromatic hydroxyl groups is 1. The molecule has 0 aliphatic heterocycles. The summed E-state index contributed by atoms with van der Waals surface area (Å²) in [5.74, 6) is 0.500. The molecule has 1 nitrogen and oxygen atoms in total. The number of phenols is 1. The van der Waals surface area contributed by atoms with Gasteiger partial charge in [-0.3, -0.25) is 0 Å². The number of aryl methyl sites for hydroxylation is 2. The summed E-state index contributed by atoms with van der Waals surface area (Å²) in [6, 6.07) is 4.19. The molecule has 90 valence electrons. The van der Waals surface area contributed by atoms with Crippen molar-refractivity contribution in [2.75, 3.05) is 0 Å². The maximum absolute atomic E-state index is 10.00. The first-order valence-electron chi connectivity index (χ1n) is 6.50. The van der Waals surface area contributed by atoms with E-state index in [9.17, 15) is 5.11 Å². The van der Waals surface area contributed by atoms with Crippen molar-refractivity contribution in [3.05, 3.63) is 28.8 Å². The van der Waals surface area contributed by atoms with Crippen molar-refractivity contribution in [3.8, 4) is 5.75 Å². The highest BCUT2D eigenvalue weighted by molar-refractivity contribution is 5.42. The molecule has 1 aromatic carbocycles. The van der Waals surface area contributed by atoms with E-state index in [0.29, 0.717) is 5.75 Å². The first-order chi connectivity index (χ1) is 7.69. The molecule has 0 heterocycles. The quantitative estimate of drug-likeness (QED) is 0.754. The van der Waals surface area contributed by atoms with Crippen molar-refractivity contribution < 1.29 is 5.11 Å². The Morgan fingerprint density at radius 1 is 1.00 bits per heavy atom. The zero-order valence-electron chi connectivity index (χ0n) is 10.8. The van der Waals surface area contributed by atoms with Gasteiger partial charge in [0, 0.05) is 0 Å². The van der Waals surface area contributed by atoms with Crippen LogP contribution in [0.15, 0.2) is 12.1 Å². The molecule has 0 fully saturated rings. The van der Waals surface area contributed by atoms with Gasteiger partial charge < -0.3 is 5.11 Å². The molecule has 0 atom stereocenters. The lowest BCUT2D eigenvalue weighted by molar-refractivity contribution is 0.465. The van der Waals surface area contributed by atoms with Crippen molar-refractivity contribution in [3.63, 3.8) is 0 Å². The van der Waals surface area contributed by atoms with E-state index in [1.807, 2.05) is 6.07 Å². The van der Waals surface area contributed by atoms with Gasteiger partial charge in [0.15, 0.2) is 0 Å². The number of phenolic OH excluding ortho intramolecular Hbond substituents is 1. The van der Waals surface area contributed by atoms with Crippen LogP contribution in [-0.2, 0) is 12.8 Å². The Balaban J connectivity index is 2.80. The molecule has 0 amide bonds. The summed E-state index contributed by atoms with van der Waals surface area (Å²) in [6.45, 7) is 6.49. The number of rotatable bonds is 6. The van der Waals surface area contributed by atoms with Crippen LogP contribution in [0.25, 0.3) is 0 Å². The van der Waals surface area contributed by atoms with E-state index in [1.165, 1.54) is 30.4 Å². The minimum Gasteiger partial charge on any atom is -0.508 e. The highest BCUT2D eigenvalue weighted by Gasteiger charge is 2.06. The third kappa shape index (κ3) is 3.55. The molecule has 0 aliphatic rings. The molecular weight excluding hydrogens is 196 g/mol. The zero-order valence-corrected chi connectivity index (χ0v) is 10.8. The number of benzene rings is 1. The van der Waals surface area contributed by atoms with Crippen molar-refractivity contribution in [2.45, 2.75) is 59.3 Å². The summed E-state index contributed by atoms with van der Waals surface area (Å²) >= 11 is 0. The molecule has 0 unspecified atom stereocenters. The summed E-state index contributed by atoms with van der Waals surface area (Å²) in [6.07, 6.45) is 6.82. The summed E-state index contributed by atoms with van der Waals surface area (Å²) in [5, 5.41) is 10.00. The van der Waals surface area contributed by atoms with Crippen molar-refractivity contribution in [1.29, 1.82) is 0 Å². The summed E-state index contributed by atoms with van der Waals surface area (Å²) in [4.78, 5) is 0. The van der Waals surface area contributed by atoms with E-state index in [2.05, 4.69) is 26.8 Å². The minimum absolute atomic E-state index is 0.500. The van der Waals surface area contributed by atoms with Crippen molar-refractivity contribution in [1.82, 2.24) is 0 Å². The monoisotopic (exact) mass is 220 g/mol. The summed E-state index contributed by atoms with van der Waals surface area (Å²) < 4.78 is 0. The van der Waals surface area contributed by atoms with Crippen LogP contribution >= 0.6 is 0 Å². The van der Waals surface area contributed by atoms with E-state index in [-0.39, 0.29) is 0 Å². The van der Waals surface area contributed by atoms with E-state index in [1.54, 1.807) is 0 Å². The van der Waals surface area contributed by atoms with Gasteiger partial charge in [0.1, 0.15) is 5.75 Å². The van der Waals surface area contributed by atoms with Crippen LogP contribution < -0.4 is 0 Å². The van der Waals surface area contributed by atoms with Gasteiger partial charge in [-0.25, -0.2) is 0 Å². The molecule has 1 heteroatoms. The van der Waals surface area contributed by atoms with Gasteiger partial charge in [-0.1, -0.05) is 32.8 Å². The predicted octanol–water partition coefficient (Wildman–Crippen LogP) is 4.39. The third-order valence-electron chi connectivity index (χ3n) is 3.11. The van der Waals surface area contributed by atoms with Gasteiger partial charge in [-0.15, -0.1) is 0 Å². The molecule has 0 spiro atoms. The Kier molecular flexibility index (Phi) is 5.37. The Morgan fingerprint density at radius 2 is 1.62 bits per heavy atom. The van der Waals surface area contributed by atoms with Gasteiger partial charge >= 0.3 is 0 Å². The Labute approximate surface area is 99.5 Å². The molecule has 0 saturated heterocycles. The second-order valence-electron chi connectivity index (χ2n) is 4.62. The number of unbranched alkanes of at least 4 members (excludes halogenated alkanes) is 2. The molecule has 1 aromatic rings. The lowest BCUT2D eigenvalue weighted by Crippen LogP contribution is -1.94. The highest BCUT2D eigenvalue weighted by Crippen LogP contribution is 2.25. The molecule has 1 N–H and O–H groups in total. The van der Waals surface area contributed by atoms with Crippen molar-refractivity contribution in [2.24, 2.45) is 0 Å². The maximum atomic E-state index is 10.00.